The minimum absolute atomic E-state index is 0.132. The SMILES string of the molecule is COc1ccc([C@@H](C)NC(=O)[C@H](C)N(c2cc(Cl)ccc2Cl)S(C)(=O)=O)cc1OC. The molecule has 2 aromatic carbocycles. The van der Waals surface area contributed by atoms with Crippen LogP contribution < -0.4 is 19.1 Å². The van der Waals surface area contributed by atoms with Gasteiger partial charge in [-0.3, -0.25) is 9.10 Å². The van der Waals surface area contributed by atoms with Gasteiger partial charge in [-0.15, -0.1) is 0 Å². The number of nitrogens with zero attached hydrogens (tertiary/aromatic N) is 1. The number of rotatable bonds is 8. The Hall–Kier alpha value is -2.16. The Balaban J connectivity index is 2.30. The second-order valence-electron chi connectivity index (χ2n) is 6.68. The molecule has 0 spiro atoms. The Labute approximate surface area is 186 Å². The second kappa shape index (κ2) is 9.76. The van der Waals surface area contributed by atoms with Gasteiger partial charge in [-0.25, -0.2) is 8.42 Å². The first-order valence-corrected chi connectivity index (χ1v) is 11.6. The van der Waals surface area contributed by atoms with Crippen LogP contribution >= 0.6 is 23.2 Å². The highest BCUT2D eigenvalue weighted by molar-refractivity contribution is 7.92. The zero-order valence-corrected chi connectivity index (χ0v) is 19.6. The Bertz CT molecular complexity index is 1030. The number of hydrogen-bond acceptors (Lipinski definition) is 5. The quantitative estimate of drug-likeness (QED) is 0.623. The molecule has 0 heterocycles. The van der Waals surface area contributed by atoms with Crippen LogP contribution in [0.25, 0.3) is 0 Å². The molecule has 0 saturated heterocycles. The zero-order chi connectivity index (χ0) is 22.6. The summed E-state index contributed by atoms with van der Waals surface area (Å²) < 4.78 is 36.4. The summed E-state index contributed by atoms with van der Waals surface area (Å²) in [5.74, 6) is 0.582. The summed E-state index contributed by atoms with van der Waals surface area (Å²) in [5, 5.41) is 3.29. The summed E-state index contributed by atoms with van der Waals surface area (Å²) in [6.45, 7) is 3.26. The van der Waals surface area contributed by atoms with Crippen LogP contribution in [-0.4, -0.2) is 40.8 Å². The van der Waals surface area contributed by atoms with Crippen molar-refractivity contribution in [1.82, 2.24) is 5.32 Å². The summed E-state index contributed by atoms with van der Waals surface area (Å²) >= 11 is 12.2. The maximum absolute atomic E-state index is 12.9. The fourth-order valence-electron chi connectivity index (χ4n) is 2.98. The van der Waals surface area contributed by atoms with Crippen LogP contribution in [-0.2, 0) is 14.8 Å². The van der Waals surface area contributed by atoms with Crippen LogP contribution in [0.4, 0.5) is 5.69 Å². The topological polar surface area (TPSA) is 84.9 Å². The third kappa shape index (κ3) is 5.50. The molecule has 1 amide bonds. The van der Waals surface area contributed by atoms with Crippen LogP contribution in [0.5, 0.6) is 11.5 Å². The van der Waals surface area contributed by atoms with Gasteiger partial charge in [-0.1, -0.05) is 29.3 Å². The van der Waals surface area contributed by atoms with E-state index in [1.165, 1.54) is 39.3 Å². The number of hydrogen-bond donors (Lipinski definition) is 1. The highest BCUT2D eigenvalue weighted by atomic mass is 35.5. The molecule has 0 aliphatic heterocycles. The molecule has 10 heteroatoms. The van der Waals surface area contributed by atoms with E-state index < -0.39 is 28.0 Å². The van der Waals surface area contributed by atoms with E-state index in [0.717, 1.165) is 16.1 Å². The number of carbonyl (C=O) groups excluding carboxylic acids is 1. The summed E-state index contributed by atoms with van der Waals surface area (Å²) in [5.41, 5.74) is 0.896. The third-order valence-corrected chi connectivity index (χ3v) is 6.28. The molecule has 0 saturated carbocycles. The van der Waals surface area contributed by atoms with Gasteiger partial charge in [0.2, 0.25) is 15.9 Å². The fraction of sp³-hybridized carbons (Fsp3) is 0.350. The molecule has 2 aromatic rings. The van der Waals surface area contributed by atoms with E-state index >= 15 is 0 Å². The average Bonchev–Trinajstić information content (AvgIpc) is 2.68. The molecule has 1 N–H and O–H groups in total. The van der Waals surface area contributed by atoms with Crippen LogP contribution in [0.1, 0.15) is 25.5 Å². The largest absolute Gasteiger partial charge is 0.493 e. The standard InChI is InChI=1S/C20H24Cl2N2O5S/c1-12(14-6-9-18(28-3)19(10-14)29-4)23-20(25)13(2)24(30(5,26)27)17-11-15(21)7-8-16(17)22/h6-13H,1-5H3,(H,23,25)/t12-,13+/m1/s1. The van der Waals surface area contributed by atoms with Gasteiger partial charge in [-0.2, -0.15) is 0 Å². The molecule has 164 valence electrons. The molecule has 0 fully saturated rings. The number of carbonyl (C=O) groups is 1. The Morgan fingerprint density at radius 2 is 1.67 bits per heavy atom. The molecule has 0 bridgehead atoms. The van der Waals surface area contributed by atoms with E-state index in [1.807, 2.05) is 0 Å². The smallest absolute Gasteiger partial charge is 0.244 e. The minimum Gasteiger partial charge on any atom is -0.493 e. The maximum Gasteiger partial charge on any atom is 0.244 e. The molecular weight excluding hydrogens is 451 g/mol. The van der Waals surface area contributed by atoms with Crippen LogP contribution in [0.3, 0.4) is 0 Å². The number of anilines is 1. The van der Waals surface area contributed by atoms with E-state index in [-0.39, 0.29) is 10.7 Å². The van der Waals surface area contributed by atoms with E-state index in [2.05, 4.69) is 5.32 Å². The zero-order valence-electron chi connectivity index (χ0n) is 17.3. The van der Waals surface area contributed by atoms with Crippen molar-refractivity contribution in [2.24, 2.45) is 0 Å². The van der Waals surface area contributed by atoms with E-state index in [4.69, 9.17) is 32.7 Å². The molecule has 2 rings (SSSR count). The van der Waals surface area contributed by atoms with Gasteiger partial charge >= 0.3 is 0 Å². The van der Waals surface area contributed by atoms with Gasteiger partial charge in [-0.05, 0) is 49.7 Å². The van der Waals surface area contributed by atoms with Gasteiger partial charge in [0.15, 0.2) is 11.5 Å². The predicted molar refractivity (Wildman–Crippen MR) is 119 cm³/mol. The van der Waals surface area contributed by atoms with Crippen molar-refractivity contribution in [3.05, 3.63) is 52.0 Å². The summed E-state index contributed by atoms with van der Waals surface area (Å²) in [6, 6.07) is 8.21. The molecule has 7 nitrogen and oxygen atoms in total. The van der Waals surface area contributed by atoms with Crippen LogP contribution in [0, 0.1) is 0 Å². The van der Waals surface area contributed by atoms with Crippen LogP contribution in [0.15, 0.2) is 36.4 Å². The highest BCUT2D eigenvalue weighted by Gasteiger charge is 2.31. The van der Waals surface area contributed by atoms with Crippen molar-refractivity contribution in [1.29, 1.82) is 0 Å². The first kappa shape index (κ1) is 24.1. The molecule has 30 heavy (non-hydrogen) atoms. The number of sulfonamides is 1. The number of methoxy groups -OCH3 is 2. The maximum atomic E-state index is 12.9. The third-order valence-electron chi connectivity index (χ3n) is 4.50. The van der Waals surface area contributed by atoms with Crippen molar-refractivity contribution in [3.8, 4) is 11.5 Å². The molecule has 0 aliphatic rings. The number of benzene rings is 2. The molecule has 0 aromatic heterocycles. The number of halogens is 2. The van der Waals surface area contributed by atoms with Crippen molar-refractivity contribution in [2.75, 3.05) is 24.8 Å². The number of nitrogens with one attached hydrogen (secondary N) is 1. The lowest BCUT2D eigenvalue weighted by Gasteiger charge is -2.30. The predicted octanol–water partition coefficient (Wildman–Crippen LogP) is 4.04. The van der Waals surface area contributed by atoms with Gasteiger partial charge in [0.25, 0.3) is 0 Å². The van der Waals surface area contributed by atoms with E-state index in [1.54, 1.807) is 25.1 Å². The minimum atomic E-state index is -3.83. The van der Waals surface area contributed by atoms with Crippen molar-refractivity contribution in [3.63, 3.8) is 0 Å². The first-order valence-electron chi connectivity index (χ1n) is 8.96. The summed E-state index contributed by atoms with van der Waals surface area (Å²) in [4.78, 5) is 12.9. The van der Waals surface area contributed by atoms with E-state index in [9.17, 15) is 13.2 Å². The monoisotopic (exact) mass is 474 g/mol. The van der Waals surface area contributed by atoms with Gasteiger partial charge in [0, 0.05) is 5.02 Å². The Kier molecular flexibility index (Phi) is 7.85. The normalized spacial score (nSPS) is 13.3. The highest BCUT2D eigenvalue weighted by Crippen LogP contribution is 2.33. The molecule has 2 atom stereocenters. The molecule has 0 radical (unpaired) electrons. The lowest BCUT2D eigenvalue weighted by Crippen LogP contribution is -2.48. The van der Waals surface area contributed by atoms with Crippen molar-refractivity contribution < 1.29 is 22.7 Å². The molecule has 0 aliphatic carbocycles. The molecule has 0 unspecified atom stereocenters. The summed E-state index contributed by atoms with van der Waals surface area (Å²) in [7, 11) is -0.776. The fourth-order valence-corrected chi connectivity index (χ4v) is 4.58. The van der Waals surface area contributed by atoms with Gasteiger partial charge in [0.1, 0.15) is 6.04 Å². The Morgan fingerprint density at radius 1 is 1.03 bits per heavy atom. The Morgan fingerprint density at radius 3 is 2.23 bits per heavy atom. The molecular formula is C20H24Cl2N2O5S. The van der Waals surface area contributed by atoms with Crippen LogP contribution in [0.2, 0.25) is 10.0 Å². The second-order valence-corrected chi connectivity index (χ2v) is 9.38. The van der Waals surface area contributed by atoms with Gasteiger partial charge < -0.3 is 14.8 Å². The van der Waals surface area contributed by atoms with E-state index in [0.29, 0.717) is 16.5 Å². The summed E-state index contributed by atoms with van der Waals surface area (Å²) in [6.07, 6.45) is 1.01. The first-order chi connectivity index (χ1) is 14.0. The van der Waals surface area contributed by atoms with Crippen molar-refractivity contribution >= 4 is 44.8 Å². The lowest BCUT2D eigenvalue weighted by molar-refractivity contribution is -0.122. The van der Waals surface area contributed by atoms with Crippen molar-refractivity contribution in [2.45, 2.75) is 25.9 Å². The number of amides is 1. The lowest BCUT2D eigenvalue weighted by atomic mass is 10.1. The average molecular weight is 475 g/mol. The number of ether oxygens (including phenoxy) is 2. The van der Waals surface area contributed by atoms with Gasteiger partial charge in [0.05, 0.1) is 37.2 Å².